The van der Waals surface area contributed by atoms with Crippen molar-refractivity contribution in [3.8, 4) is 0 Å². The van der Waals surface area contributed by atoms with Crippen LogP contribution in [0.25, 0.3) is 0 Å². The van der Waals surface area contributed by atoms with E-state index in [4.69, 9.17) is 5.11 Å². The van der Waals surface area contributed by atoms with E-state index in [9.17, 15) is 19.7 Å². The number of carbonyl (C=O) groups excluding carboxylic acids is 1. The van der Waals surface area contributed by atoms with Crippen molar-refractivity contribution in [1.29, 1.82) is 0 Å². The summed E-state index contributed by atoms with van der Waals surface area (Å²) in [6, 6.07) is 5.52. The number of aliphatic carboxylic acids is 1. The number of nitro benzene ring substituents is 1. The highest BCUT2D eigenvalue weighted by Crippen LogP contribution is 2.12. The highest BCUT2D eigenvalue weighted by Gasteiger charge is 2.10. The molecule has 0 fully saturated rings. The Morgan fingerprint density at radius 1 is 1.38 bits per heavy atom. The minimum Gasteiger partial charge on any atom is -0.481 e. The number of amides is 2. The van der Waals surface area contributed by atoms with Gasteiger partial charge in [0.05, 0.1) is 4.92 Å². The summed E-state index contributed by atoms with van der Waals surface area (Å²) in [6.45, 7) is 2.11. The Bertz CT molecular complexity index is 532. The van der Waals surface area contributed by atoms with Crippen molar-refractivity contribution in [3.63, 3.8) is 0 Å². The Morgan fingerprint density at radius 2 is 2.10 bits per heavy atom. The minimum atomic E-state index is -0.915. The van der Waals surface area contributed by atoms with Crippen LogP contribution < -0.4 is 10.6 Å². The van der Waals surface area contributed by atoms with Crippen LogP contribution in [0.3, 0.4) is 0 Å². The Kier molecular flexibility index (Phi) is 6.12. The number of nitrogens with zero attached hydrogens (tertiary/aromatic N) is 1. The molecule has 0 saturated carbocycles. The van der Waals surface area contributed by atoms with Gasteiger partial charge in [-0.25, -0.2) is 4.79 Å². The normalized spacial score (nSPS) is 11.5. The summed E-state index contributed by atoms with van der Waals surface area (Å²) < 4.78 is 0. The summed E-state index contributed by atoms with van der Waals surface area (Å²) in [5.41, 5.74) is 0.572. The van der Waals surface area contributed by atoms with Gasteiger partial charge in [0.25, 0.3) is 5.69 Å². The van der Waals surface area contributed by atoms with Crippen molar-refractivity contribution >= 4 is 17.7 Å². The van der Waals surface area contributed by atoms with E-state index >= 15 is 0 Å². The second-order valence-electron chi connectivity index (χ2n) is 4.69. The van der Waals surface area contributed by atoms with E-state index in [-0.39, 0.29) is 31.1 Å². The molecule has 1 rings (SSSR count). The van der Waals surface area contributed by atoms with Crippen LogP contribution in [0.2, 0.25) is 0 Å². The monoisotopic (exact) mass is 295 g/mol. The molecule has 1 aromatic rings. The first-order valence-corrected chi connectivity index (χ1v) is 6.35. The van der Waals surface area contributed by atoms with Gasteiger partial charge < -0.3 is 15.7 Å². The standard InChI is InChI=1S/C13H17N3O5/c1-9(5-12(17)18)7-14-13(19)15-8-10-3-2-4-11(6-10)16(20)21/h2-4,6,9H,5,7-8H2,1H3,(H,17,18)(H2,14,15,19). The van der Waals surface area contributed by atoms with Gasteiger partial charge in [-0.1, -0.05) is 19.1 Å². The van der Waals surface area contributed by atoms with Crippen molar-refractivity contribution in [3.05, 3.63) is 39.9 Å². The quantitative estimate of drug-likeness (QED) is 0.520. The van der Waals surface area contributed by atoms with Gasteiger partial charge in [-0.15, -0.1) is 0 Å². The van der Waals surface area contributed by atoms with Gasteiger partial charge in [0.15, 0.2) is 0 Å². The van der Waals surface area contributed by atoms with Gasteiger partial charge in [-0.05, 0) is 11.5 Å². The lowest BCUT2D eigenvalue weighted by Crippen LogP contribution is -2.37. The van der Waals surface area contributed by atoms with Gasteiger partial charge in [0.2, 0.25) is 0 Å². The molecule has 1 aromatic carbocycles. The van der Waals surface area contributed by atoms with Crippen LogP contribution in [0.4, 0.5) is 10.5 Å². The maximum absolute atomic E-state index is 11.5. The van der Waals surface area contributed by atoms with Gasteiger partial charge in [0.1, 0.15) is 0 Å². The number of urea groups is 1. The molecule has 0 saturated heterocycles. The predicted molar refractivity (Wildman–Crippen MR) is 74.8 cm³/mol. The molecule has 8 nitrogen and oxygen atoms in total. The fraction of sp³-hybridized carbons (Fsp3) is 0.385. The molecule has 2 amide bonds. The molecule has 8 heteroatoms. The minimum absolute atomic E-state index is 0.0227. The van der Waals surface area contributed by atoms with E-state index in [1.54, 1.807) is 19.1 Å². The zero-order valence-electron chi connectivity index (χ0n) is 11.5. The van der Waals surface area contributed by atoms with Crippen LogP contribution in [0.1, 0.15) is 18.9 Å². The third-order valence-corrected chi connectivity index (χ3v) is 2.71. The fourth-order valence-corrected chi connectivity index (χ4v) is 1.66. The summed E-state index contributed by atoms with van der Waals surface area (Å²) >= 11 is 0. The zero-order valence-corrected chi connectivity index (χ0v) is 11.5. The van der Waals surface area contributed by atoms with Crippen molar-refractivity contribution in [2.45, 2.75) is 19.9 Å². The summed E-state index contributed by atoms with van der Waals surface area (Å²) in [5.74, 6) is -1.09. The van der Waals surface area contributed by atoms with Gasteiger partial charge in [0, 0.05) is 31.6 Å². The van der Waals surface area contributed by atoms with Crippen LogP contribution in [-0.4, -0.2) is 28.6 Å². The van der Waals surface area contributed by atoms with E-state index in [2.05, 4.69) is 10.6 Å². The van der Waals surface area contributed by atoms with Gasteiger partial charge in [-0.3, -0.25) is 14.9 Å². The smallest absolute Gasteiger partial charge is 0.315 e. The van der Waals surface area contributed by atoms with Crippen molar-refractivity contribution < 1.29 is 19.6 Å². The second kappa shape index (κ2) is 7.83. The highest BCUT2D eigenvalue weighted by atomic mass is 16.6. The van der Waals surface area contributed by atoms with Crippen molar-refractivity contribution in [2.75, 3.05) is 6.54 Å². The summed E-state index contributed by atoms with van der Waals surface area (Å²) in [6.07, 6.45) is -0.0227. The lowest BCUT2D eigenvalue weighted by Gasteiger charge is -2.11. The summed E-state index contributed by atoms with van der Waals surface area (Å²) in [4.78, 5) is 32.1. The third kappa shape index (κ3) is 6.37. The lowest BCUT2D eigenvalue weighted by molar-refractivity contribution is -0.384. The number of benzene rings is 1. The Balaban J connectivity index is 2.37. The first-order valence-electron chi connectivity index (χ1n) is 6.35. The number of nitro groups is 1. The molecule has 0 bridgehead atoms. The van der Waals surface area contributed by atoms with Crippen molar-refractivity contribution in [2.24, 2.45) is 5.92 Å². The molecule has 0 spiro atoms. The van der Waals surface area contributed by atoms with Gasteiger partial charge in [-0.2, -0.15) is 0 Å². The topological polar surface area (TPSA) is 122 Å². The SMILES string of the molecule is CC(CNC(=O)NCc1cccc([N+](=O)[O-])c1)CC(=O)O. The Labute approximate surface area is 121 Å². The van der Waals surface area contributed by atoms with E-state index in [1.807, 2.05) is 0 Å². The number of hydrogen-bond donors (Lipinski definition) is 3. The molecule has 0 aromatic heterocycles. The average Bonchev–Trinajstić information content (AvgIpc) is 2.42. The summed E-state index contributed by atoms with van der Waals surface area (Å²) in [7, 11) is 0. The molecule has 1 atom stereocenters. The number of nitrogens with one attached hydrogen (secondary N) is 2. The first kappa shape index (κ1) is 16.4. The van der Waals surface area contributed by atoms with Crippen molar-refractivity contribution in [1.82, 2.24) is 10.6 Å². The molecule has 0 aliphatic rings. The third-order valence-electron chi connectivity index (χ3n) is 2.71. The van der Waals surface area contributed by atoms with Gasteiger partial charge >= 0.3 is 12.0 Å². The molecular formula is C13H17N3O5. The second-order valence-corrected chi connectivity index (χ2v) is 4.69. The number of non-ortho nitro benzene ring substituents is 1. The van der Waals surface area contributed by atoms with E-state index < -0.39 is 16.9 Å². The number of carbonyl (C=O) groups is 2. The Morgan fingerprint density at radius 3 is 2.71 bits per heavy atom. The Hall–Kier alpha value is -2.64. The predicted octanol–water partition coefficient (Wildman–Crippen LogP) is 1.50. The summed E-state index contributed by atoms with van der Waals surface area (Å²) in [5, 5.41) is 24.3. The highest BCUT2D eigenvalue weighted by molar-refractivity contribution is 5.74. The van der Waals surface area contributed by atoms with E-state index in [1.165, 1.54) is 12.1 Å². The fourth-order valence-electron chi connectivity index (χ4n) is 1.66. The molecule has 1 unspecified atom stereocenters. The van der Waals surface area contributed by atoms with Crippen LogP contribution in [-0.2, 0) is 11.3 Å². The number of hydrogen-bond acceptors (Lipinski definition) is 4. The molecule has 114 valence electrons. The maximum Gasteiger partial charge on any atom is 0.315 e. The number of carboxylic acid groups (broad SMARTS) is 1. The largest absolute Gasteiger partial charge is 0.481 e. The number of carboxylic acids is 1. The van der Waals surface area contributed by atoms with Crippen LogP contribution in [0, 0.1) is 16.0 Å². The first-order chi connectivity index (χ1) is 9.88. The molecule has 3 N–H and O–H groups in total. The maximum atomic E-state index is 11.5. The van der Waals surface area contributed by atoms with E-state index in [0.717, 1.165) is 0 Å². The average molecular weight is 295 g/mol. The van der Waals surface area contributed by atoms with E-state index in [0.29, 0.717) is 5.56 Å². The number of rotatable bonds is 7. The molecule has 0 aliphatic carbocycles. The molecule has 0 heterocycles. The lowest BCUT2D eigenvalue weighted by atomic mass is 10.1. The molecule has 0 radical (unpaired) electrons. The molecular weight excluding hydrogens is 278 g/mol. The molecule has 0 aliphatic heterocycles. The zero-order chi connectivity index (χ0) is 15.8. The van der Waals surface area contributed by atoms with Crippen LogP contribution >= 0.6 is 0 Å². The van der Waals surface area contributed by atoms with Crippen LogP contribution in [0.5, 0.6) is 0 Å². The van der Waals surface area contributed by atoms with Crippen LogP contribution in [0.15, 0.2) is 24.3 Å². The molecule has 21 heavy (non-hydrogen) atoms.